The van der Waals surface area contributed by atoms with Gasteiger partial charge in [-0.2, -0.15) is 0 Å². The number of carbonyl (C=O) groups excluding carboxylic acids is 1. The van der Waals surface area contributed by atoms with Crippen molar-refractivity contribution < 1.29 is 14.7 Å². The molecule has 0 spiro atoms. The van der Waals surface area contributed by atoms with E-state index in [0.717, 1.165) is 6.54 Å². The molecule has 0 bridgehead atoms. The number of nitrogens with zero attached hydrogens (tertiary/aromatic N) is 2. The average Bonchev–Trinajstić information content (AvgIpc) is 2.91. The molecule has 0 aromatic heterocycles. The van der Waals surface area contributed by atoms with Gasteiger partial charge in [0.1, 0.15) is 0 Å². The Labute approximate surface area is 115 Å². The molecule has 0 saturated heterocycles. The zero-order chi connectivity index (χ0) is 14.8. The summed E-state index contributed by atoms with van der Waals surface area (Å²) < 4.78 is 0. The lowest BCUT2D eigenvalue weighted by Crippen LogP contribution is -2.52. The van der Waals surface area contributed by atoms with E-state index in [0.29, 0.717) is 11.8 Å². The van der Waals surface area contributed by atoms with E-state index in [2.05, 4.69) is 6.92 Å². The summed E-state index contributed by atoms with van der Waals surface area (Å²) in [5.74, 6) is 0.438. The fraction of sp³-hybridized carbons (Fsp3) is 0.857. The standard InChI is InChI=1S/C14H26N2O3/c1-10-8-11(10)9-15(5)13(19)16(14(2,3)4)7-6-12(17)18/h10-11H,6-9H2,1-5H3,(H,17,18). The molecule has 2 unspecified atom stereocenters. The second-order valence-corrected chi connectivity index (χ2v) is 6.60. The van der Waals surface area contributed by atoms with Crippen molar-refractivity contribution in [3.8, 4) is 0 Å². The highest BCUT2D eigenvalue weighted by molar-refractivity contribution is 5.76. The van der Waals surface area contributed by atoms with Crippen LogP contribution >= 0.6 is 0 Å². The van der Waals surface area contributed by atoms with Gasteiger partial charge in [-0.25, -0.2) is 4.79 Å². The zero-order valence-corrected chi connectivity index (χ0v) is 12.6. The van der Waals surface area contributed by atoms with Crippen LogP contribution in [0.1, 0.15) is 40.5 Å². The Kier molecular flexibility index (Phi) is 4.82. The summed E-state index contributed by atoms with van der Waals surface area (Å²) in [5, 5.41) is 8.79. The van der Waals surface area contributed by atoms with Crippen molar-refractivity contribution in [2.45, 2.75) is 46.1 Å². The highest BCUT2D eigenvalue weighted by Gasteiger charge is 2.36. The summed E-state index contributed by atoms with van der Waals surface area (Å²) in [6, 6.07) is -0.0761. The molecule has 0 aromatic carbocycles. The monoisotopic (exact) mass is 270 g/mol. The molecule has 1 aliphatic carbocycles. The summed E-state index contributed by atoms with van der Waals surface area (Å²) in [7, 11) is 1.80. The summed E-state index contributed by atoms with van der Waals surface area (Å²) in [6.45, 7) is 9.00. The molecule has 1 N–H and O–H groups in total. The molecule has 110 valence electrons. The van der Waals surface area contributed by atoms with Gasteiger partial charge < -0.3 is 14.9 Å². The molecule has 0 heterocycles. The minimum Gasteiger partial charge on any atom is -0.481 e. The van der Waals surface area contributed by atoms with Gasteiger partial charge in [-0.05, 0) is 39.0 Å². The van der Waals surface area contributed by atoms with Gasteiger partial charge in [0.15, 0.2) is 0 Å². The van der Waals surface area contributed by atoms with Gasteiger partial charge in [0.25, 0.3) is 0 Å². The van der Waals surface area contributed by atoms with E-state index in [1.807, 2.05) is 20.8 Å². The smallest absolute Gasteiger partial charge is 0.320 e. The molecule has 5 heteroatoms. The fourth-order valence-electron chi connectivity index (χ4n) is 2.21. The molecule has 0 aliphatic heterocycles. The van der Waals surface area contributed by atoms with Gasteiger partial charge in [-0.3, -0.25) is 4.79 Å². The first-order chi connectivity index (χ1) is 8.62. The lowest BCUT2D eigenvalue weighted by Gasteiger charge is -2.38. The minimum atomic E-state index is -0.875. The van der Waals surface area contributed by atoms with Crippen molar-refractivity contribution in [1.82, 2.24) is 9.80 Å². The lowest BCUT2D eigenvalue weighted by molar-refractivity contribution is -0.137. The molecule has 1 aliphatic rings. The highest BCUT2D eigenvalue weighted by atomic mass is 16.4. The van der Waals surface area contributed by atoms with Gasteiger partial charge in [-0.15, -0.1) is 0 Å². The third-order valence-electron chi connectivity index (χ3n) is 3.70. The van der Waals surface area contributed by atoms with E-state index in [9.17, 15) is 9.59 Å². The van der Waals surface area contributed by atoms with E-state index in [-0.39, 0.29) is 24.5 Å². The molecule has 19 heavy (non-hydrogen) atoms. The van der Waals surface area contributed by atoms with Gasteiger partial charge >= 0.3 is 12.0 Å². The van der Waals surface area contributed by atoms with E-state index >= 15 is 0 Å². The minimum absolute atomic E-state index is 0.0172. The van der Waals surface area contributed by atoms with E-state index in [1.165, 1.54) is 6.42 Å². The maximum atomic E-state index is 12.4. The summed E-state index contributed by atoms with van der Waals surface area (Å²) >= 11 is 0. The quantitative estimate of drug-likeness (QED) is 0.833. The molecule has 2 atom stereocenters. The molecule has 1 saturated carbocycles. The normalized spacial score (nSPS) is 21.9. The number of carbonyl (C=O) groups is 2. The molecule has 0 aromatic rings. The first-order valence-electron chi connectivity index (χ1n) is 6.87. The Morgan fingerprint density at radius 1 is 1.32 bits per heavy atom. The van der Waals surface area contributed by atoms with Crippen molar-refractivity contribution in [3.63, 3.8) is 0 Å². The van der Waals surface area contributed by atoms with E-state index < -0.39 is 5.97 Å². The molecule has 2 amide bonds. The van der Waals surface area contributed by atoms with E-state index in [1.54, 1.807) is 16.8 Å². The zero-order valence-electron chi connectivity index (χ0n) is 12.6. The predicted molar refractivity (Wildman–Crippen MR) is 74.0 cm³/mol. The second-order valence-electron chi connectivity index (χ2n) is 6.60. The number of amides is 2. The number of rotatable bonds is 5. The number of urea groups is 1. The average molecular weight is 270 g/mol. The lowest BCUT2D eigenvalue weighted by atomic mass is 10.1. The second kappa shape index (κ2) is 5.80. The third kappa shape index (κ3) is 4.73. The van der Waals surface area contributed by atoms with Crippen LogP contribution in [0.3, 0.4) is 0 Å². The molecular formula is C14H26N2O3. The van der Waals surface area contributed by atoms with Gasteiger partial charge in [0.2, 0.25) is 0 Å². The molecule has 5 nitrogen and oxygen atoms in total. The summed E-state index contributed by atoms with van der Waals surface area (Å²) in [4.78, 5) is 26.5. The molecule has 0 radical (unpaired) electrons. The van der Waals surface area contributed by atoms with Crippen LogP contribution in [-0.2, 0) is 4.79 Å². The first kappa shape index (κ1) is 15.8. The largest absolute Gasteiger partial charge is 0.481 e. The van der Waals surface area contributed by atoms with Gasteiger partial charge in [-0.1, -0.05) is 6.92 Å². The molecule has 1 rings (SSSR count). The molecule has 1 fully saturated rings. The van der Waals surface area contributed by atoms with Crippen LogP contribution in [0.2, 0.25) is 0 Å². The van der Waals surface area contributed by atoms with Gasteiger partial charge in [0, 0.05) is 25.7 Å². The van der Waals surface area contributed by atoms with Crippen LogP contribution in [0.5, 0.6) is 0 Å². The summed E-state index contributed by atoms with van der Waals surface area (Å²) in [5.41, 5.74) is -0.365. The van der Waals surface area contributed by atoms with Gasteiger partial charge in [0.05, 0.1) is 6.42 Å². The summed E-state index contributed by atoms with van der Waals surface area (Å²) in [6.07, 6.45) is 1.17. The maximum Gasteiger partial charge on any atom is 0.320 e. The number of hydrogen-bond donors (Lipinski definition) is 1. The third-order valence-corrected chi connectivity index (χ3v) is 3.70. The Bertz CT molecular complexity index is 349. The predicted octanol–water partition coefficient (Wildman–Crippen LogP) is 2.27. The van der Waals surface area contributed by atoms with Crippen LogP contribution in [0.4, 0.5) is 4.79 Å². The van der Waals surface area contributed by atoms with Crippen molar-refractivity contribution in [3.05, 3.63) is 0 Å². The van der Waals surface area contributed by atoms with Crippen LogP contribution in [0.15, 0.2) is 0 Å². The maximum absolute atomic E-state index is 12.4. The molecular weight excluding hydrogens is 244 g/mol. The fourth-order valence-corrected chi connectivity index (χ4v) is 2.21. The van der Waals surface area contributed by atoms with Crippen molar-refractivity contribution >= 4 is 12.0 Å². The number of carboxylic acids is 1. The van der Waals surface area contributed by atoms with Crippen molar-refractivity contribution in [2.75, 3.05) is 20.1 Å². The SMILES string of the molecule is CC1CC1CN(C)C(=O)N(CCC(=O)O)C(C)(C)C. The first-order valence-corrected chi connectivity index (χ1v) is 6.87. The van der Waals surface area contributed by atoms with E-state index in [4.69, 9.17) is 5.11 Å². The highest BCUT2D eigenvalue weighted by Crippen LogP contribution is 2.38. The van der Waals surface area contributed by atoms with Crippen molar-refractivity contribution in [1.29, 1.82) is 0 Å². The van der Waals surface area contributed by atoms with Crippen LogP contribution in [-0.4, -0.2) is 52.6 Å². The van der Waals surface area contributed by atoms with Crippen LogP contribution in [0, 0.1) is 11.8 Å². The number of aliphatic carboxylic acids is 1. The topological polar surface area (TPSA) is 60.9 Å². The Balaban J connectivity index is 2.62. The Hall–Kier alpha value is -1.26. The Morgan fingerprint density at radius 2 is 1.84 bits per heavy atom. The number of hydrogen-bond acceptors (Lipinski definition) is 2. The van der Waals surface area contributed by atoms with Crippen molar-refractivity contribution in [2.24, 2.45) is 11.8 Å². The number of carboxylic acid groups (broad SMARTS) is 1. The van der Waals surface area contributed by atoms with Crippen LogP contribution < -0.4 is 0 Å². The Morgan fingerprint density at radius 3 is 2.21 bits per heavy atom. The van der Waals surface area contributed by atoms with Crippen LogP contribution in [0.25, 0.3) is 0 Å².